The minimum Gasteiger partial charge on any atom is -0.481 e. The van der Waals surface area contributed by atoms with Crippen molar-refractivity contribution in [1.29, 1.82) is 0 Å². The van der Waals surface area contributed by atoms with Gasteiger partial charge in [-0.2, -0.15) is 13.2 Å². The van der Waals surface area contributed by atoms with E-state index in [1.165, 1.54) is 12.1 Å². The van der Waals surface area contributed by atoms with Gasteiger partial charge in [-0.3, -0.25) is 9.59 Å². The van der Waals surface area contributed by atoms with Crippen molar-refractivity contribution >= 4 is 11.9 Å². The zero-order valence-corrected chi connectivity index (χ0v) is 19.0. The van der Waals surface area contributed by atoms with E-state index in [-0.39, 0.29) is 12.0 Å². The molecular formula is C29H22F3NO3. The van der Waals surface area contributed by atoms with E-state index in [0.29, 0.717) is 16.7 Å². The zero-order valence-electron chi connectivity index (χ0n) is 19.0. The molecule has 4 nitrogen and oxygen atoms in total. The summed E-state index contributed by atoms with van der Waals surface area (Å²) in [5.74, 6) is -1.55. The highest BCUT2D eigenvalue weighted by Crippen LogP contribution is 2.31. The molecule has 4 aromatic rings. The maximum Gasteiger partial charge on any atom is 0.416 e. The van der Waals surface area contributed by atoms with E-state index in [1.54, 1.807) is 36.4 Å². The van der Waals surface area contributed by atoms with Crippen molar-refractivity contribution in [1.82, 2.24) is 5.32 Å². The monoisotopic (exact) mass is 489 g/mol. The van der Waals surface area contributed by atoms with Crippen LogP contribution in [-0.4, -0.2) is 17.0 Å². The molecule has 7 heteroatoms. The number of carbonyl (C=O) groups is 2. The molecule has 2 N–H and O–H groups in total. The molecule has 4 rings (SSSR count). The third-order valence-electron chi connectivity index (χ3n) is 5.77. The largest absolute Gasteiger partial charge is 0.481 e. The van der Waals surface area contributed by atoms with Crippen LogP contribution in [0.4, 0.5) is 13.2 Å². The lowest BCUT2D eigenvalue weighted by Crippen LogP contribution is -2.30. The molecule has 0 heterocycles. The number of carboxylic acids is 1. The molecule has 0 saturated heterocycles. The third kappa shape index (κ3) is 5.99. The van der Waals surface area contributed by atoms with Gasteiger partial charge in [0.15, 0.2) is 0 Å². The van der Waals surface area contributed by atoms with Crippen LogP contribution in [0.5, 0.6) is 0 Å². The number of hydrogen-bond donors (Lipinski definition) is 2. The number of alkyl halides is 3. The average molecular weight is 489 g/mol. The van der Waals surface area contributed by atoms with Gasteiger partial charge in [0, 0.05) is 5.56 Å². The van der Waals surface area contributed by atoms with E-state index in [1.807, 2.05) is 42.5 Å². The molecule has 0 aliphatic carbocycles. The van der Waals surface area contributed by atoms with Crippen molar-refractivity contribution in [2.45, 2.75) is 18.6 Å². The number of amides is 1. The first kappa shape index (κ1) is 24.7. The first-order valence-electron chi connectivity index (χ1n) is 11.2. The summed E-state index contributed by atoms with van der Waals surface area (Å²) in [5.41, 5.74) is 3.23. The van der Waals surface area contributed by atoms with Crippen LogP contribution in [0.1, 0.15) is 33.9 Å². The molecule has 0 bridgehead atoms. The Morgan fingerprint density at radius 3 is 1.89 bits per heavy atom. The molecule has 0 radical (unpaired) electrons. The van der Waals surface area contributed by atoms with Crippen molar-refractivity contribution in [3.05, 3.63) is 120 Å². The number of halogens is 3. The molecule has 0 aromatic heterocycles. The van der Waals surface area contributed by atoms with Crippen LogP contribution in [0.2, 0.25) is 0 Å². The Hall–Kier alpha value is -4.39. The predicted octanol–water partition coefficient (Wildman–Crippen LogP) is 6.99. The van der Waals surface area contributed by atoms with E-state index in [9.17, 15) is 27.9 Å². The smallest absolute Gasteiger partial charge is 0.416 e. The SMILES string of the molecule is O=C(O)CC(NC(=O)c1cccc(-c2ccc(C(F)(F)F)cc2)c1)c1ccc(-c2ccccc2)cc1. The molecular weight excluding hydrogens is 467 g/mol. The molecule has 0 aliphatic heterocycles. The Morgan fingerprint density at radius 2 is 1.28 bits per heavy atom. The topological polar surface area (TPSA) is 66.4 Å². The Balaban J connectivity index is 1.54. The molecule has 1 atom stereocenters. The van der Waals surface area contributed by atoms with E-state index in [4.69, 9.17) is 0 Å². The van der Waals surface area contributed by atoms with Gasteiger partial charge in [-0.15, -0.1) is 0 Å². The van der Waals surface area contributed by atoms with Gasteiger partial charge in [-0.05, 0) is 52.1 Å². The number of aliphatic carboxylic acids is 1. The second-order valence-corrected chi connectivity index (χ2v) is 8.27. The summed E-state index contributed by atoms with van der Waals surface area (Å²) in [6.07, 6.45) is -4.74. The van der Waals surface area contributed by atoms with Gasteiger partial charge in [0.2, 0.25) is 0 Å². The van der Waals surface area contributed by atoms with E-state index in [2.05, 4.69) is 5.32 Å². The predicted molar refractivity (Wildman–Crippen MR) is 131 cm³/mol. The highest BCUT2D eigenvalue weighted by molar-refractivity contribution is 5.96. The Labute approximate surface area is 206 Å². The summed E-state index contributed by atoms with van der Waals surface area (Å²) in [7, 11) is 0. The van der Waals surface area contributed by atoms with E-state index < -0.39 is 29.7 Å². The molecule has 0 saturated carbocycles. The highest BCUT2D eigenvalue weighted by Gasteiger charge is 2.30. The fourth-order valence-corrected chi connectivity index (χ4v) is 3.90. The van der Waals surface area contributed by atoms with Gasteiger partial charge in [0.1, 0.15) is 0 Å². The third-order valence-corrected chi connectivity index (χ3v) is 5.77. The van der Waals surface area contributed by atoms with Crippen molar-refractivity contribution in [3.63, 3.8) is 0 Å². The minimum atomic E-state index is -4.43. The van der Waals surface area contributed by atoms with Crippen LogP contribution in [0, 0.1) is 0 Å². The molecule has 1 amide bonds. The number of carboxylic acid groups (broad SMARTS) is 1. The second kappa shape index (κ2) is 10.5. The maximum atomic E-state index is 13.0. The minimum absolute atomic E-state index is 0.267. The summed E-state index contributed by atoms with van der Waals surface area (Å²) in [6.45, 7) is 0. The number of hydrogen-bond acceptors (Lipinski definition) is 2. The van der Waals surface area contributed by atoms with Gasteiger partial charge in [-0.25, -0.2) is 0 Å². The summed E-state index contributed by atoms with van der Waals surface area (Å²) < 4.78 is 38.6. The molecule has 182 valence electrons. The zero-order chi connectivity index (χ0) is 25.7. The highest BCUT2D eigenvalue weighted by atomic mass is 19.4. The number of benzene rings is 4. The Bertz CT molecular complexity index is 1350. The van der Waals surface area contributed by atoms with Crippen molar-refractivity contribution in [3.8, 4) is 22.3 Å². The number of nitrogens with one attached hydrogen (secondary N) is 1. The molecule has 0 fully saturated rings. The first-order valence-corrected chi connectivity index (χ1v) is 11.2. The summed E-state index contributed by atoms with van der Waals surface area (Å²) >= 11 is 0. The number of rotatable bonds is 7. The van der Waals surface area contributed by atoms with Crippen molar-refractivity contribution in [2.75, 3.05) is 0 Å². The van der Waals surface area contributed by atoms with Crippen LogP contribution in [-0.2, 0) is 11.0 Å². The molecule has 0 spiro atoms. The molecule has 0 aliphatic rings. The van der Waals surface area contributed by atoms with Gasteiger partial charge >= 0.3 is 12.1 Å². The fourth-order valence-electron chi connectivity index (χ4n) is 3.90. The van der Waals surface area contributed by atoms with Crippen LogP contribution < -0.4 is 5.32 Å². The fraction of sp³-hybridized carbons (Fsp3) is 0.103. The summed E-state index contributed by atoms with van der Waals surface area (Å²) in [4.78, 5) is 24.5. The van der Waals surface area contributed by atoms with Crippen LogP contribution in [0.25, 0.3) is 22.3 Å². The van der Waals surface area contributed by atoms with Gasteiger partial charge < -0.3 is 10.4 Å². The molecule has 4 aromatic carbocycles. The van der Waals surface area contributed by atoms with Crippen LogP contribution in [0.15, 0.2) is 103 Å². The molecule has 1 unspecified atom stereocenters. The lowest BCUT2D eigenvalue weighted by Gasteiger charge is -2.18. The maximum absolute atomic E-state index is 13.0. The standard InChI is InChI=1S/C29H22F3NO3/c30-29(31,32)25-15-13-21(14-16-25)23-7-4-8-24(17-23)28(36)33-26(18-27(34)35)22-11-9-20(10-12-22)19-5-2-1-3-6-19/h1-17,26H,18H2,(H,33,36)(H,34,35). The quantitative estimate of drug-likeness (QED) is 0.294. The van der Waals surface area contributed by atoms with Crippen molar-refractivity contribution < 1.29 is 27.9 Å². The lowest BCUT2D eigenvalue weighted by atomic mass is 9.98. The van der Waals surface area contributed by atoms with Crippen LogP contribution in [0.3, 0.4) is 0 Å². The lowest BCUT2D eigenvalue weighted by molar-refractivity contribution is -0.138. The van der Waals surface area contributed by atoms with Crippen LogP contribution >= 0.6 is 0 Å². The molecule has 36 heavy (non-hydrogen) atoms. The van der Waals surface area contributed by atoms with E-state index >= 15 is 0 Å². The normalized spacial score (nSPS) is 12.1. The Morgan fingerprint density at radius 1 is 0.722 bits per heavy atom. The number of carbonyl (C=O) groups excluding carboxylic acids is 1. The van der Waals surface area contributed by atoms with Gasteiger partial charge in [0.25, 0.3) is 5.91 Å². The second-order valence-electron chi connectivity index (χ2n) is 8.27. The summed E-state index contributed by atoms with van der Waals surface area (Å²) in [6, 6.07) is 27.4. The van der Waals surface area contributed by atoms with Gasteiger partial charge in [0.05, 0.1) is 18.0 Å². The van der Waals surface area contributed by atoms with Crippen molar-refractivity contribution in [2.24, 2.45) is 0 Å². The van der Waals surface area contributed by atoms with E-state index in [0.717, 1.165) is 23.3 Å². The first-order chi connectivity index (χ1) is 17.2. The Kier molecular flexibility index (Phi) is 7.20. The summed E-state index contributed by atoms with van der Waals surface area (Å²) in [5, 5.41) is 12.2. The average Bonchev–Trinajstić information content (AvgIpc) is 2.88. The van der Waals surface area contributed by atoms with Gasteiger partial charge in [-0.1, -0.05) is 78.9 Å².